The molecule has 6 nitrogen and oxygen atoms in total. The molecule has 3 atom stereocenters. The van der Waals surface area contributed by atoms with Crippen LogP contribution in [0, 0.1) is 0 Å². The summed E-state index contributed by atoms with van der Waals surface area (Å²) in [5, 5.41) is 0. The van der Waals surface area contributed by atoms with Crippen molar-refractivity contribution in [2.75, 3.05) is 0 Å². The van der Waals surface area contributed by atoms with Gasteiger partial charge in [0.25, 0.3) is 0 Å². The van der Waals surface area contributed by atoms with Gasteiger partial charge in [-0.2, -0.15) is 0 Å². The fraction of sp³-hybridized carbons (Fsp3) is 0.667. The van der Waals surface area contributed by atoms with Crippen LogP contribution in [0.4, 0.5) is 0 Å². The summed E-state index contributed by atoms with van der Waals surface area (Å²) >= 11 is 0. The Balaban J connectivity index is 2.75. The molecule has 1 saturated heterocycles. The first-order valence-electron chi connectivity index (χ1n) is 4.46. The monoisotopic (exact) mass is 216 g/mol. The van der Waals surface area contributed by atoms with E-state index in [2.05, 4.69) is 0 Å². The van der Waals surface area contributed by atoms with Gasteiger partial charge in [0.2, 0.25) is 6.10 Å². The van der Waals surface area contributed by atoms with E-state index < -0.39 is 36.2 Å². The lowest BCUT2D eigenvalue weighted by molar-refractivity contribution is -0.166. The molecule has 0 aromatic rings. The van der Waals surface area contributed by atoms with Crippen LogP contribution in [0.2, 0.25) is 0 Å². The SMILES string of the molecule is CC(=O)O[C@H]1[C@@H](C)OC(=O)[C@@H]1OC(C)=O. The lowest BCUT2D eigenvalue weighted by atomic mass is 10.1. The molecule has 0 amide bonds. The van der Waals surface area contributed by atoms with Gasteiger partial charge in [0.05, 0.1) is 0 Å². The maximum Gasteiger partial charge on any atom is 0.351 e. The zero-order chi connectivity index (χ0) is 11.6. The molecule has 0 spiro atoms. The average molecular weight is 216 g/mol. The van der Waals surface area contributed by atoms with Crippen molar-refractivity contribution in [2.24, 2.45) is 0 Å². The highest BCUT2D eigenvalue weighted by Crippen LogP contribution is 2.21. The van der Waals surface area contributed by atoms with Crippen molar-refractivity contribution >= 4 is 17.9 Å². The second-order valence-electron chi connectivity index (χ2n) is 3.25. The third-order valence-electron chi connectivity index (χ3n) is 1.89. The summed E-state index contributed by atoms with van der Waals surface area (Å²) < 4.78 is 14.4. The first-order chi connectivity index (χ1) is 6.91. The largest absolute Gasteiger partial charge is 0.456 e. The molecule has 0 saturated carbocycles. The first kappa shape index (κ1) is 11.5. The number of esters is 3. The van der Waals surface area contributed by atoms with Crippen molar-refractivity contribution in [3.63, 3.8) is 0 Å². The molecule has 1 fully saturated rings. The van der Waals surface area contributed by atoms with Gasteiger partial charge in [0.1, 0.15) is 6.10 Å². The minimum atomic E-state index is -1.15. The van der Waals surface area contributed by atoms with E-state index in [9.17, 15) is 14.4 Å². The average Bonchev–Trinajstić information content (AvgIpc) is 2.30. The number of carbonyl (C=O) groups is 3. The Kier molecular flexibility index (Phi) is 3.28. The topological polar surface area (TPSA) is 78.9 Å². The lowest BCUT2D eigenvalue weighted by Gasteiger charge is -2.17. The Morgan fingerprint density at radius 2 is 1.73 bits per heavy atom. The number of hydrogen-bond donors (Lipinski definition) is 0. The van der Waals surface area contributed by atoms with Crippen LogP contribution in [-0.2, 0) is 28.6 Å². The molecule has 1 rings (SSSR count). The van der Waals surface area contributed by atoms with Crippen LogP contribution in [0.25, 0.3) is 0 Å². The van der Waals surface area contributed by atoms with E-state index in [4.69, 9.17) is 14.2 Å². The van der Waals surface area contributed by atoms with Gasteiger partial charge in [0, 0.05) is 13.8 Å². The van der Waals surface area contributed by atoms with Crippen molar-refractivity contribution in [2.45, 2.75) is 39.1 Å². The van der Waals surface area contributed by atoms with E-state index in [-0.39, 0.29) is 0 Å². The molecule has 1 aliphatic rings. The summed E-state index contributed by atoms with van der Waals surface area (Å²) in [4.78, 5) is 32.7. The molecule has 0 aliphatic carbocycles. The smallest absolute Gasteiger partial charge is 0.351 e. The molecule has 0 radical (unpaired) electrons. The standard InChI is InChI=1S/C9H12O6/c1-4-7(14-5(2)10)8(9(12)13-4)15-6(3)11/h4,7-8H,1-3H3/t4-,7+,8-/m1/s1. The summed E-state index contributed by atoms with van der Waals surface area (Å²) in [7, 11) is 0. The summed E-state index contributed by atoms with van der Waals surface area (Å²) in [5.41, 5.74) is 0. The van der Waals surface area contributed by atoms with Crippen molar-refractivity contribution in [3.8, 4) is 0 Å². The third-order valence-corrected chi connectivity index (χ3v) is 1.89. The summed E-state index contributed by atoms with van der Waals surface area (Å²) in [6, 6.07) is 0. The van der Waals surface area contributed by atoms with E-state index in [0.717, 1.165) is 0 Å². The van der Waals surface area contributed by atoms with Gasteiger partial charge in [-0.1, -0.05) is 0 Å². The fourth-order valence-corrected chi connectivity index (χ4v) is 1.34. The number of cyclic esters (lactones) is 1. The molecular formula is C9H12O6. The highest BCUT2D eigenvalue weighted by atomic mass is 16.7. The molecule has 0 unspecified atom stereocenters. The third kappa shape index (κ3) is 2.68. The van der Waals surface area contributed by atoms with Gasteiger partial charge in [0.15, 0.2) is 6.10 Å². The number of ether oxygens (including phenoxy) is 3. The molecule has 6 heteroatoms. The van der Waals surface area contributed by atoms with Crippen molar-refractivity contribution in [1.82, 2.24) is 0 Å². The first-order valence-corrected chi connectivity index (χ1v) is 4.46. The van der Waals surface area contributed by atoms with Gasteiger partial charge < -0.3 is 14.2 Å². The predicted molar refractivity (Wildman–Crippen MR) is 46.7 cm³/mol. The predicted octanol–water partition coefficient (Wildman–Crippen LogP) is -0.205. The molecule has 0 aromatic carbocycles. The molecular weight excluding hydrogens is 204 g/mol. The van der Waals surface area contributed by atoms with Gasteiger partial charge >= 0.3 is 17.9 Å². The number of carbonyl (C=O) groups excluding carboxylic acids is 3. The summed E-state index contributed by atoms with van der Waals surface area (Å²) in [5.74, 6) is -1.87. The van der Waals surface area contributed by atoms with E-state index in [0.29, 0.717) is 0 Å². The molecule has 1 heterocycles. The highest BCUT2D eigenvalue weighted by molar-refractivity contribution is 5.82. The van der Waals surface area contributed by atoms with Crippen LogP contribution in [0.15, 0.2) is 0 Å². The maximum atomic E-state index is 11.2. The molecule has 1 aliphatic heterocycles. The Bertz CT molecular complexity index is 297. The van der Waals surface area contributed by atoms with Gasteiger partial charge in [-0.05, 0) is 6.92 Å². The number of hydrogen-bond acceptors (Lipinski definition) is 6. The summed E-state index contributed by atoms with van der Waals surface area (Å²) in [6.07, 6.45) is -2.62. The minimum absolute atomic E-state index is 0.553. The number of rotatable bonds is 2. The minimum Gasteiger partial charge on any atom is -0.456 e. The zero-order valence-corrected chi connectivity index (χ0v) is 8.68. The van der Waals surface area contributed by atoms with Crippen LogP contribution in [-0.4, -0.2) is 36.2 Å². The van der Waals surface area contributed by atoms with Crippen molar-refractivity contribution in [3.05, 3.63) is 0 Å². The maximum absolute atomic E-state index is 11.2. The second-order valence-corrected chi connectivity index (χ2v) is 3.25. The van der Waals surface area contributed by atoms with Crippen LogP contribution in [0.1, 0.15) is 20.8 Å². The van der Waals surface area contributed by atoms with Gasteiger partial charge in [-0.15, -0.1) is 0 Å². The molecule has 0 N–H and O–H groups in total. The Hall–Kier alpha value is -1.59. The van der Waals surface area contributed by atoms with Gasteiger partial charge in [-0.3, -0.25) is 9.59 Å². The molecule has 0 aromatic heterocycles. The van der Waals surface area contributed by atoms with Gasteiger partial charge in [-0.25, -0.2) is 4.79 Å². The zero-order valence-electron chi connectivity index (χ0n) is 8.68. The Labute approximate surface area is 86.5 Å². The van der Waals surface area contributed by atoms with Crippen LogP contribution in [0.5, 0.6) is 0 Å². The quantitative estimate of drug-likeness (QED) is 0.469. The Morgan fingerprint density at radius 1 is 1.20 bits per heavy atom. The second kappa shape index (κ2) is 4.29. The van der Waals surface area contributed by atoms with Crippen molar-refractivity contribution < 1.29 is 28.6 Å². The van der Waals surface area contributed by atoms with E-state index >= 15 is 0 Å². The molecule has 0 bridgehead atoms. The summed E-state index contributed by atoms with van der Waals surface area (Å²) in [6.45, 7) is 3.94. The highest BCUT2D eigenvalue weighted by Gasteiger charge is 2.47. The van der Waals surface area contributed by atoms with E-state index in [1.54, 1.807) is 6.92 Å². The fourth-order valence-electron chi connectivity index (χ4n) is 1.34. The molecule has 15 heavy (non-hydrogen) atoms. The van der Waals surface area contributed by atoms with Crippen molar-refractivity contribution in [1.29, 1.82) is 0 Å². The van der Waals surface area contributed by atoms with E-state index in [1.807, 2.05) is 0 Å². The van der Waals surface area contributed by atoms with E-state index in [1.165, 1.54) is 13.8 Å². The van der Waals surface area contributed by atoms with Crippen LogP contribution < -0.4 is 0 Å². The lowest BCUT2D eigenvalue weighted by Crippen LogP contribution is -2.37. The molecule has 84 valence electrons. The van der Waals surface area contributed by atoms with Crippen LogP contribution in [0.3, 0.4) is 0 Å². The Morgan fingerprint density at radius 3 is 2.20 bits per heavy atom. The van der Waals surface area contributed by atoms with Crippen LogP contribution >= 0.6 is 0 Å². The normalized spacial score (nSPS) is 29.5.